The van der Waals surface area contributed by atoms with Gasteiger partial charge in [-0.3, -0.25) is 14.5 Å². The third-order valence-electron chi connectivity index (χ3n) is 8.51. The second kappa shape index (κ2) is 12.5. The van der Waals surface area contributed by atoms with Crippen molar-refractivity contribution in [1.29, 1.82) is 0 Å². The Kier molecular flexibility index (Phi) is 8.91. The number of aromatic carboxylic acids is 1. The van der Waals surface area contributed by atoms with Gasteiger partial charge in [-0.25, -0.2) is 9.59 Å². The zero-order valence-corrected chi connectivity index (χ0v) is 25.5. The van der Waals surface area contributed by atoms with Gasteiger partial charge in [0.2, 0.25) is 11.8 Å². The number of hydrogen-bond acceptors (Lipinski definition) is 9. The molecule has 234 valence electrons. The standard InChI is InChI=1S/C31H35N3O9S/c1-15-24-23(16(2)35)29(37)34(24)25(31(40)41)27(15)44-20-12-21(28(36)32-19-9-5-7-17(11-19)30(38)39)33(14-20)13-18-8-6-10-22(42-3)26(18)43-4/h5-11,15-16,20-21,23-24,35H,12-14H2,1-4H3,(H,32,36)(H,38,39)(H,40,41)/t15-,16-,20+,21+,23-,24-/m1/s1. The number of hydrogen-bond donors (Lipinski definition) is 4. The van der Waals surface area contributed by atoms with E-state index in [1.165, 1.54) is 49.9 Å². The minimum absolute atomic E-state index is 0.0404. The Bertz CT molecular complexity index is 1530. The fourth-order valence-corrected chi connectivity index (χ4v) is 8.06. The zero-order chi connectivity index (χ0) is 31.9. The van der Waals surface area contributed by atoms with Gasteiger partial charge < -0.3 is 35.0 Å². The number of carboxylic acids is 2. The van der Waals surface area contributed by atoms with Gasteiger partial charge in [0.05, 0.1) is 43.9 Å². The van der Waals surface area contributed by atoms with E-state index in [0.29, 0.717) is 41.6 Å². The number of likely N-dealkylation sites (tertiary alicyclic amines) is 1. The molecule has 2 saturated heterocycles. The van der Waals surface area contributed by atoms with Crippen molar-refractivity contribution >= 4 is 41.2 Å². The second-order valence-corrected chi connectivity index (χ2v) is 12.6. The summed E-state index contributed by atoms with van der Waals surface area (Å²) >= 11 is 1.36. The number of nitrogens with zero attached hydrogens (tertiary/aromatic N) is 2. The van der Waals surface area contributed by atoms with Gasteiger partial charge >= 0.3 is 11.9 Å². The third kappa shape index (κ3) is 5.62. The summed E-state index contributed by atoms with van der Waals surface area (Å²) in [4.78, 5) is 54.2. The lowest BCUT2D eigenvalue weighted by Crippen LogP contribution is -2.63. The summed E-state index contributed by atoms with van der Waals surface area (Å²) in [5, 5.41) is 32.3. The first-order valence-corrected chi connectivity index (χ1v) is 15.1. The van der Waals surface area contributed by atoms with E-state index in [-0.39, 0.29) is 28.3 Å². The smallest absolute Gasteiger partial charge is 0.353 e. The van der Waals surface area contributed by atoms with Crippen molar-refractivity contribution in [3.63, 3.8) is 0 Å². The van der Waals surface area contributed by atoms with Crippen LogP contribution < -0.4 is 14.8 Å². The van der Waals surface area contributed by atoms with Crippen LogP contribution in [-0.4, -0.2) is 93.1 Å². The molecule has 2 fully saturated rings. The number of carbonyl (C=O) groups is 4. The first-order valence-electron chi connectivity index (χ1n) is 14.2. The number of carboxylic acid groups (broad SMARTS) is 2. The fraction of sp³-hybridized carbons (Fsp3) is 0.419. The molecule has 3 aliphatic rings. The number of methoxy groups -OCH3 is 2. The summed E-state index contributed by atoms with van der Waals surface area (Å²) in [6.07, 6.45) is -0.540. The van der Waals surface area contributed by atoms with Crippen molar-refractivity contribution in [3.05, 3.63) is 64.2 Å². The Morgan fingerprint density at radius 3 is 2.45 bits per heavy atom. The van der Waals surface area contributed by atoms with E-state index in [0.717, 1.165) is 5.56 Å². The number of aliphatic hydroxyl groups excluding tert-OH is 1. The van der Waals surface area contributed by atoms with E-state index in [1.54, 1.807) is 18.2 Å². The van der Waals surface area contributed by atoms with Crippen LogP contribution in [0.4, 0.5) is 5.69 Å². The number of aliphatic carboxylic acids is 1. The molecule has 5 rings (SSSR count). The van der Waals surface area contributed by atoms with Gasteiger partial charge in [-0.2, -0.15) is 0 Å². The first kappa shape index (κ1) is 31.4. The highest BCUT2D eigenvalue weighted by Gasteiger charge is 2.60. The van der Waals surface area contributed by atoms with Crippen LogP contribution in [0.15, 0.2) is 53.1 Å². The number of para-hydroxylation sites is 1. The van der Waals surface area contributed by atoms with E-state index >= 15 is 0 Å². The Balaban J connectivity index is 1.43. The van der Waals surface area contributed by atoms with Crippen LogP contribution in [0, 0.1) is 11.8 Å². The molecular weight excluding hydrogens is 590 g/mol. The van der Waals surface area contributed by atoms with E-state index in [1.807, 2.05) is 24.0 Å². The van der Waals surface area contributed by atoms with E-state index in [9.17, 15) is 34.5 Å². The van der Waals surface area contributed by atoms with Crippen LogP contribution in [0.1, 0.15) is 36.2 Å². The van der Waals surface area contributed by atoms with Crippen molar-refractivity contribution < 1.29 is 44.0 Å². The molecule has 6 atom stereocenters. The van der Waals surface area contributed by atoms with Crippen molar-refractivity contribution in [2.24, 2.45) is 11.8 Å². The summed E-state index contributed by atoms with van der Waals surface area (Å²) in [6, 6.07) is 10.4. The molecule has 12 nitrogen and oxygen atoms in total. The highest BCUT2D eigenvalue weighted by atomic mass is 32.2. The number of amides is 2. The maximum absolute atomic E-state index is 13.7. The summed E-state index contributed by atoms with van der Waals surface area (Å²) in [5.74, 6) is -2.95. The summed E-state index contributed by atoms with van der Waals surface area (Å²) < 4.78 is 11.1. The van der Waals surface area contributed by atoms with Crippen molar-refractivity contribution in [3.8, 4) is 11.5 Å². The molecule has 3 aliphatic heterocycles. The average molecular weight is 626 g/mol. The van der Waals surface area contributed by atoms with Gasteiger partial charge in [-0.1, -0.05) is 25.1 Å². The lowest BCUT2D eigenvalue weighted by Gasteiger charge is -2.46. The number of anilines is 1. The molecule has 4 N–H and O–H groups in total. The van der Waals surface area contributed by atoms with Crippen LogP contribution in [0.5, 0.6) is 11.5 Å². The molecule has 0 aliphatic carbocycles. The van der Waals surface area contributed by atoms with Crippen molar-refractivity contribution in [1.82, 2.24) is 9.80 Å². The average Bonchev–Trinajstić information content (AvgIpc) is 3.49. The van der Waals surface area contributed by atoms with Crippen molar-refractivity contribution in [2.45, 2.75) is 50.3 Å². The Labute approximate surface area is 258 Å². The first-order chi connectivity index (χ1) is 21.0. The Morgan fingerprint density at radius 1 is 1.09 bits per heavy atom. The number of benzene rings is 2. The topological polar surface area (TPSA) is 166 Å². The molecule has 0 bridgehead atoms. The van der Waals surface area contributed by atoms with Gasteiger partial charge in [0, 0.05) is 40.4 Å². The van der Waals surface area contributed by atoms with Crippen LogP contribution in [-0.2, 0) is 20.9 Å². The van der Waals surface area contributed by atoms with Gasteiger partial charge in [-0.05, 0) is 37.6 Å². The lowest BCUT2D eigenvalue weighted by molar-refractivity contribution is -0.163. The number of β-lactam (4-membered cyclic amide) rings is 1. The van der Waals surface area contributed by atoms with Crippen LogP contribution in [0.3, 0.4) is 0 Å². The summed E-state index contributed by atoms with van der Waals surface area (Å²) in [7, 11) is 3.08. The number of aliphatic hydroxyl groups is 1. The Hall–Kier alpha value is -4.07. The molecule has 3 heterocycles. The van der Waals surface area contributed by atoms with Gasteiger partial charge in [0.25, 0.3) is 0 Å². The lowest BCUT2D eigenvalue weighted by atomic mass is 9.79. The van der Waals surface area contributed by atoms with E-state index in [4.69, 9.17) is 9.47 Å². The number of nitrogens with one attached hydrogen (secondary N) is 1. The predicted molar refractivity (Wildman–Crippen MR) is 161 cm³/mol. The molecule has 13 heteroatoms. The zero-order valence-electron chi connectivity index (χ0n) is 24.7. The normalized spacial score (nSPS) is 25.3. The number of rotatable bonds is 11. The van der Waals surface area contributed by atoms with Gasteiger partial charge in [0.15, 0.2) is 11.5 Å². The molecule has 0 spiro atoms. The maximum Gasteiger partial charge on any atom is 0.353 e. The molecule has 0 aromatic heterocycles. The monoisotopic (exact) mass is 625 g/mol. The Morgan fingerprint density at radius 2 is 1.82 bits per heavy atom. The molecule has 0 saturated carbocycles. The second-order valence-electron chi connectivity index (χ2n) is 11.2. The highest BCUT2D eigenvalue weighted by Crippen LogP contribution is 2.52. The summed E-state index contributed by atoms with van der Waals surface area (Å²) in [6.45, 7) is 4.14. The van der Waals surface area contributed by atoms with Gasteiger partial charge in [0.1, 0.15) is 5.70 Å². The van der Waals surface area contributed by atoms with Crippen LogP contribution in [0.25, 0.3) is 0 Å². The molecule has 0 unspecified atom stereocenters. The van der Waals surface area contributed by atoms with Crippen LogP contribution >= 0.6 is 11.8 Å². The SMILES string of the molecule is COc1cccc(CN2C[C@@H](SC3=C(C(=O)O)N4C(=O)[C@H]([C@@H](C)O)[C@H]4[C@H]3C)C[C@H]2C(=O)Nc2cccc(C(=O)O)c2)c1OC. The highest BCUT2D eigenvalue weighted by molar-refractivity contribution is 8.03. The quantitative estimate of drug-likeness (QED) is 0.271. The molecular formula is C31H35N3O9S. The van der Waals surface area contributed by atoms with Crippen LogP contribution in [0.2, 0.25) is 0 Å². The maximum atomic E-state index is 13.7. The van der Waals surface area contributed by atoms with E-state index in [2.05, 4.69) is 5.32 Å². The number of ether oxygens (including phenoxy) is 2. The molecule has 2 amide bonds. The third-order valence-corrected chi connectivity index (χ3v) is 10.0. The molecule has 2 aromatic rings. The number of carbonyl (C=O) groups excluding carboxylic acids is 2. The fourth-order valence-electron chi connectivity index (χ4n) is 6.51. The minimum atomic E-state index is -1.21. The summed E-state index contributed by atoms with van der Waals surface area (Å²) in [5.41, 5.74) is 1.11. The van der Waals surface area contributed by atoms with Gasteiger partial charge in [-0.15, -0.1) is 11.8 Å². The minimum Gasteiger partial charge on any atom is -0.493 e. The number of fused-ring (bicyclic) bond motifs is 1. The predicted octanol–water partition coefficient (Wildman–Crippen LogP) is 2.87. The van der Waals surface area contributed by atoms with E-state index < -0.39 is 42.0 Å². The largest absolute Gasteiger partial charge is 0.493 e. The molecule has 44 heavy (non-hydrogen) atoms. The molecule has 0 radical (unpaired) electrons. The van der Waals surface area contributed by atoms with Crippen molar-refractivity contribution in [2.75, 3.05) is 26.1 Å². The number of thioether (sulfide) groups is 1. The molecule has 2 aromatic carbocycles.